The molecule has 5 nitrogen and oxygen atoms in total. The molecule has 1 aliphatic heterocycles. The molecule has 0 bridgehead atoms. The van der Waals surface area contributed by atoms with E-state index in [0.717, 1.165) is 12.1 Å². The molecule has 0 atom stereocenters. The molecule has 2 aromatic heterocycles. The van der Waals surface area contributed by atoms with Gasteiger partial charge in [-0.25, -0.2) is 0 Å². The first-order valence-corrected chi connectivity index (χ1v) is 8.02. The maximum atomic E-state index is 13.2. The van der Waals surface area contributed by atoms with Crippen molar-refractivity contribution in [3.05, 3.63) is 70.0 Å². The monoisotopic (exact) mass is 407 g/mol. The van der Waals surface area contributed by atoms with E-state index >= 15 is 0 Å². The lowest BCUT2D eigenvalue weighted by Crippen LogP contribution is -2.12. The Bertz CT molecular complexity index is 979. The van der Waals surface area contributed by atoms with E-state index in [-0.39, 0.29) is 6.54 Å². The van der Waals surface area contributed by atoms with Crippen LogP contribution in [0.15, 0.2) is 52.3 Å². The molecular weight excluding hydrogens is 399 g/mol. The summed E-state index contributed by atoms with van der Waals surface area (Å²) in [6, 6.07) is 8.74. The molecule has 3 aromatic rings. The summed E-state index contributed by atoms with van der Waals surface area (Å²) in [4.78, 5) is 8.69. The zero-order valence-corrected chi connectivity index (χ0v) is 14.1. The van der Waals surface area contributed by atoms with E-state index in [1.54, 1.807) is 29.0 Å². The van der Waals surface area contributed by atoms with Gasteiger partial charge in [0.25, 0.3) is 0 Å². The van der Waals surface area contributed by atoms with E-state index in [9.17, 15) is 13.2 Å². The Kier molecular flexibility index (Phi) is 3.68. The number of aromatic nitrogens is 4. The number of alkyl halides is 3. The highest BCUT2D eigenvalue weighted by atomic mass is 79.9. The molecule has 3 heterocycles. The van der Waals surface area contributed by atoms with Gasteiger partial charge in [-0.05, 0) is 46.3 Å². The van der Waals surface area contributed by atoms with Crippen LogP contribution in [0.3, 0.4) is 0 Å². The van der Waals surface area contributed by atoms with Crippen LogP contribution >= 0.6 is 15.9 Å². The molecule has 4 rings (SSSR count). The van der Waals surface area contributed by atoms with Gasteiger partial charge in [-0.3, -0.25) is 14.5 Å². The zero-order chi connectivity index (χ0) is 17.6. The van der Waals surface area contributed by atoms with Crippen LogP contribution in [0.1, 0.15) is 22.6 Å². The van der Waals surface area contributed by atoms with Crippen molar-refractivity contribution in [3.63, 3.8) is 0 Å². The zero-order valence-electron chi connectivity index (χ0n) is 12.5. The molecule has 0 radical (unpaired) electrons. The van der Waals surface area contributed by atoms with Gasteiger partial charge in [-0.1, -0.05) is 6.07 Å². The summed E-state index contributed by atoms with van der Waals surface area (Å²) < 4.78 is 41.7. The van der Waals surface area contributed by atoms with Crippen molar-refractivity contribution in [3.8, 4) is 5.69 Å². The summed E-state index contributed by atoms with van der Waals surface area (Å²) in [5, 5.41) is 7.96. The number of pyridine rings is 1. The summed E-state index contributed by atoms with van der Waals surface area (Å²) >= 11 is 3.29. The van der Waals surface area contributed by atoms with Crippen LogP contribution < -0.4 is 0 Å². The molecule has 0 saturated heterocycles. The fourth-order valence-electron chi connectivity index (χ4n) is 2.69. The lowest BCUT2D eigenvalue weighted by atomic mass is 10.0. The van der Waals surface area contributed by atoms with Crippen molar-refractivity contribution in [1.29, 1.82) is 0 Å². The normalized spacial score (nSPS) is 13.7. The Morgan fingerprint density at radius 2 is 1.92 bits per heavy atom. The van der Waals surface area contributed by atoms with Crippen LogP contribution in [0.4, 0.5) is 13.2 Å². The largest absolute Gasteiger partial charge is 0.416 e. The second-order valence-electron chi connectivity index (χ2n) is 5.33. The standard InChI is InChI=1S/C16H9BrF3N5/c17-15-24-23-13-8-22-14(11-3-1-2-6-21-11)10-7-9(16(18,19)20)4-5-12(10)25(13)15/h1-7H,8H2. The first-order chi connectivity index (χ1) is 11.9. The third-order valence-electron chi connectivity index (χ3n) is 3.80. The maximum Gasteiger partial charge on any atom is 0.416 e. The topological polar surface area (TPSA) is 56.0 Å². The van der Waals surface area contributed by atoms with Crippen molar-refractivity contribution >= 4 is 21.6 Å². The molecule has 9 heteroatoms. The lowest BCUT2D eigenvalue weighted by molar-refractivity contribution is -0.137. The summed E-state index contributed by atoms with van der Waals surface area (Å²) in [6.45, 7) is 0.181. The molecule has 0 aliphatic carbocycles. The average Bonchev–Trinajstić information content (AvgIpc) is 2.87. The number of nitrogens with zero attached hydrogens (tertiary/aromatic N) is 5. The molecule has 0 saturated carbocycles. The number of aliphatic imine (C=N–C) groups is 1. The first kappa shape index (κ1) is 15.9. The van der Waals surface area contributed by atoms with Gasteiger partial charge in [0.2, 0.25) is 4.73 Å². The molecule has 25 heavy (non-hydrogen) atoms. The van der Waals surface area contributed by atoms with E-state index < -0.39 is 11.7 Å². The number of benzene rings is 1. The van der Waals surface area contributed by atoms with Crippen molar-refractivity contribution in [1.82, 2.24) is 19.7 Å². The molecule has 0 spiro atoms. The van der Waals surface area contributed by atoms with E-state index in [1.165, 1.54) is 6.07 Å². The molecule has 1 aromatic carbocycles. The summed E-state index contributed by atoms with van der Waals surface area (Å²) in [5.41, 5.74) is 0.981. The number of fused-ring (bicyclic) bond motifs is 3. The van der Waals surface area contributed by atoms with Gasteiger partial charge in [-0.2, -0.15) is 13.2 Å². The SMILES string of the molecule is FC(F)(F)c1ccc2c(c1)C(c1ccccn1)=NCc1nnc(Br)n1-2. The minimum absolute atomic E-state index is 0.181. The number of rotatable bonds is 1. The Hall–Kier alpha value is -2.55. The fraction of sp³-hybridized carbons (Fsp3) is 0.125. The second kappa shape index (κ2) is 5.76. The average molecular weight is 408 g/mol. The van der Waals surface area contributed by atoms with E-state index in [0.29, 0.717) is 33.2 Å². The molecule has 0 fully saturated rings. The van der Waals surface area contributed by atoms with E-state index in [2.05, 4.69) is 36.1 Å². The molecule has 1 aliphatic rings. The lowest BCUT2D eigenvalue weighted by Gasteiger charge is -2.14. The van der Waals surface area contributed by atoms with Crippen molar-refractivity contribution in [2.75, 3.05) is 0 Å². The van der Waals surface area contributed by atoms with Crippen LogP contribution in [0, 0.1) is 0 Å². The third kappa shape index (κ3) is 2.74. The smallest absolute Gasteiger partial charge is 0.274 e. The Labute approximate surface area is 148 Å². The number of halogens is 4. The molecule has 0 N–H and O–H groups in total. The van der Waals surface area contributed by atoms with Gasteiger partial charge in [0.15, 0.2) is 5.82 Å². The fourth-order valence-corrected chi connectivity index (χ4v) is 3.16. The molecular formula is C16H9BrF3N5. The second-order valence-corrected chi connectivity index (χ2v) is 6.04. The number of hydrogen-bond acceptors (Lipinski definition) is 4. The highest BCUT2D eigenvalue weighted by Gasteiger charge is 2.33. The third-order valence-corrected chi connectivity index (χ3v) is 4.31. The maximum absolute atomic E-state index is 13.2. The van der Waals surface area contributed by atoms with E-state index in [1.807, 2.05) is 0 Å². The highest BCUT2D eigenvalue weighted by molar-refractivity contribution is 9.10. The van der Waals surface area contributed by atoms with Crippen molar-refractivity contribution in [2.24, 2.45) is 4.99 Å². The van der Waals surface area contributed by atoms with Crippen LogP contribution in [0.25, 0.3) is 5.69 Å². The van der Waals surface area contributed by atoms with Crippen LogP contribution in [-0.4, -0.2) is 25.5 Å². The van der Waals surface area contributed by atoms with Crippen LogP contribution in [0.5, 0.6) is 0 Å². The highest BCUT2D eigenvalue weighted by Crippen LogP contribution is 2.34. The Morgan fingerprint density at radius 1 is 1.08 bits per heavy atom. The first-order valence-electron chi connectivity index (χ1n) is 7.23. The van der Waals surface area contributed by atoms with Gasteiger partial charge in [0.05, 0.1) is 22.7 Å². The van der Waals surface area contributed by atoms with Crippen LogP contribution in [0.2, 0.25) is 0 Å². The predicted molar refractivity (Wildman–Crippen MR) is 87.6 cm³/mol. The van der Waals surface area contributed by atoms with E-state index in [4.69, 9.17) is 0 Å². The van der Waals surface area contributed by atoms with Gasteiger partial charge in [0.1, 0.15) is 6.54 Å². The van der Waals surface area contributed by atoms with Gasteiger partial charge in [-0.15, -0.1) is 10.2 Å². The van der Waals surface area contributed by atoms with Gasteiger partial charge < -0.3 is 0 Å². The number of hydrogen-bond donors (Lipinski definition) is 0. The quantitative estimate of drug-likeness (QED) is 0.616. The van der Waals surface area contributed by atoms with Crippen molar-refractivity contribution in [2.45, 2.75) is 12.7 Å². The Balaban J connectivity index is 2.01. The summed E-state index contributed by atoms with van der Waals surface area (Å²) in [5.74, 6) is 0.527. The molecule has 0 unspecified atom stereocenters. The minimum Gasteiger partial charge on any atom is -0.274 e. The molecule has 126 valence electrons. The Morgan fingerprint density at radius 3 is 2.64 bits per heavy atom. The minimum atomic E-state index is -4.45. The molecule has 0 amide bonds. The van der Waals surface area contributed by atoms with Crippen molar-refractivity contribution < 1.29 is 13.2 Å². The van der Waals surface area contributed by atoms with Crippen LogP contribution in [-0.2, 0) is 12.7 Å². The van der Waals surface area contributed by atoms with Gasteiger partial charge >= 0.3 is 6.18 Å². The van der Waals surface area contributed by atoms with Gasteiger partial charge in [0, 0.05) is 11.8 Å². The predicted octanol–water partition coefficient (Wildman–Crippen LogP) is 3.79. The summed E-state index contributed by atoms with van der Waals surface area (Å²) in [6.07, 6.45) is -2.88. The summed E-state index contributed by atoms with van der Waals surface area (Å²) in [7, 11) is 0.